The van der Waals surface area contributed by atoms with Crippen molar-refractivity contribution in [3.8, 4) is 0 Å². The van der Waals surface area contributed by atoms with E-state index in [9.17, 15) is 0 Å². The third-order valence-electron chi connectivity index (χ3n) is 3.39. The maximum absolute atomic E-state index is 4.25. The number of hydrogen-bond acceptors (Lipinski definition) is 2. The van der Waals surface area contributed by atoms with E-state index in [0.717, 1.165) is 25.5 Å². The van der Waals surface area contributed by atoms with Gasteiger partial charge < -0.3 is 10.6 Å². The van der Waals surface area contributed by atoms with Crippen LogP contribution in [-0.2, 0) is 6.54 Å². The molecule has 0 atom stereocenters. The van der Waals surface area contributed by atoms with Crippen molar-refractivity contribution in [1.82, 2.24) is 10.6 Å². The molecular weight excluding hydrogens is 381 g/mol. The van der Waals surface area contributed by atoms with Gasteiger partial charge in [0.25, 0.3) is 0 Å². The summed E-state index contributed by atoms with van der Waals surface area (Å²) in [6.45, 7) is 1.81. The molecule has 0 aromatic carbocycles. The van der Waals surface area contributed by atoms with Gasteiger partial charge in [0.1, 0.15) is 0 Å². The van der Waals surface area contributed by atoms with Gasteiger partial charge in [0, 0.05) is 20.1 Å². The highest BCUT2D eigenvalue weighted by atomic mass is 127. The fourth-order valence-electron chi connectivity index (χ4n) is 2.27. The number of nitrogens with zero attached hydrogens (tertiary/aromatic N) is 1. The van der Waals surface area contributed by atoms with Crippen molar-refractivity contribution in [1.29, 1.82) is 0 Å². The molecule has 1 aromatic rings. The Balaban J connectivity index is 0.00000200. The van der Waals surface area contributed by atoms with E-state index in [-0.39, 0.29) is 24.0 Å². The molecule has 0 saturated carbocycles. The van der Waals surface area contributed by atoms with Crippen molar-refractivity contribution >= 4 is 41.3 Å². The van der Waals surface area contributed by atoms with Gasteiger partial charge in [-0.3, -0.25) is 4.99 Å². The molecule has 20 heavy (non-hydrogen) atoms. The topological polar surface area (TPSA) is 36.4 Å². The Kier molecular flexibility index (Phi) is 8.93. The second-order valence-electron chi connectivity index (χ2n) is 4.84. The van der Waals surface area contributed by atoms with E-state index < -0.39 is 0 Å². The normalized spacial score (nSPS) is 15.2. The number of thiophene rings is 1. The molecule has 0 radical (unpaired) electrons. The van der Waals surface area contributed by atoms with Gasteiger partial charge in [0.2, 0.25) is 0 Å². The van der Waals surface area contributed by atoms with Crippen LogP contribution in [0.2, 0.25) is 0 Å². The van der Waals surface area contributed by atoms with Crippen molar-refractivity contribution < 1.29 is 0 Å². The van der Waals surface area contributed by atoms with Crippen molar-refractivity contribution in [2.45, 2.75) is 38.6 Å². The molecule has 0 spiro atoms. The lowest BCUT2D eigenvalue weighted by Crippen LogP contribution is -2.37. The summed E-state index contributed by atoms with van der Waals surface area (Å²) in [7, 11) is 1.82. The monoisotopic (exact) mass is 405 g/mol. The number of hydrogen-bond donors (Lipinski definition) is 2. The van der Waals surface area contributed by atoms with Gasteiger partial charge in [0.15, 0.2) is 5.96 Å². The zero-order valence-corrected chi connectivity index (χ0v) is 15.2. The van der Waals surface area contributed by atoms with Gasteiger partial charge >= 0.3 is 0 Å². The van der Waals surface area contributed by atoms with Crippen LogP contribution in [0.1, 0.15) is 37.7 Å². The summed E-state index contributed by atoms with van der Waals surface area (Å²) in [4.78, 5) is 4.25. The Morgan fingerprint density at radius 1 is 1.35 bits per heavy atom. The summed E-state index contributed by atoms with van der Waals surface area (Å²) in [5.41, 5.74) is 2.91. The first kappa shape index (κ1) is 17.5. The molecular formula is C15H24IN3S. The highest BCUT2D eigenvalue weighted by Gasteiger charge is 2.04. The van der Waals surface area contributed by atoms with Crippen LogP contribution in [0.25, 0.3) is 0 Å². The van der Waals surface area contributed by atoms with E-state index in [1.165, 1.54) is 31.2 Å². The lowest BCUT2D eigenvalue weighted by molar-refractivity contribution is 0.665. The minimum atomic E-state index is 0. The summed E-state index contributed by atoms with van der Waals surface area (Å²) < 4.78 is 0. The highest BCUT2D eigenvalue weighted by molar-refractivity contribution is 14.0. The fraction of sp³-hybridized carbons (Fsp3) is 0.533. The molecule has 1 aliphatic carbocycles. The van der Waals surface area contributed by atoms with Crippen LogP contribution in [0.3, 0.4) is 0 Å². The molecule has 0 unspecified atom stereocenters. The van der Waals surface area contributed by atoms with Gasteiger partial charge in [-0.2, -0.15) is 11.3 Å². The van der Waals surface area contributed by atoms with E-state index in [4.69, 9.17) is 0 Å². The van der Waals surface area contributed by atoms with Crippen LogP contribution in [0.5, 0.6) is 0 Å². The quantitative estimate of drug-likeness (QED) is 0.337. The van der Waals surface area contributed by atoms with Crippen LogP contribution in [-0.4, -0.2) is 19.6 Å². The van der Waals surface area contributed by atoms with Gasteiger partial charge in [-0.05, 0) is 54.5 Å². The molecule has 0 saturated heterocycles. The number of halogens is 1. The molecule has 3 nitrogen and oxygen atoms in total. The molecule has 0 aliphatic heterocycles. The van der Waals surface area contributed by atoms with Crippen LogP contribution in [0, 0.1) is 0 Å². The van der Waals surface area contributed by atoms with Gasteiger partial charge in [-0.15, -0.1) is 24.0 Å². The minimum Gasteiger partial charge on any atom is -0.356 e. The average molecular weight is 405 g/mol. The molecule has 1 aliphatic rings. The molecule has 1 aromatic heterocycles. The summed E-state index contributed by atoms with van der Waals surface area (Å²) in [6.07, 6.45) is 8.81. The molecule has 2 rings (SSSR count). The smallest absolute Gasteiger partial charge is 0.191 e. The Hall–Kier alpha value is -0.560. The largest absolute Gasteiger partial charge is 0.356 e. The highest BCUT2D eigenvalue weighted by Crippen LogP contribution is 2.19. The average Bonchev–Trinajstić information content (AvgIpc) is 2.97. The summed E-state index contributed by atoms with van der Waals surface area (Å²) in [6, 6.07) is 2.14. The lowest BCUT2D eigenvalue weighted by atomic mass is 9.97. The first-order valence-electron chi connectivity index (χ1n) is 7.02. The standard InChI is InChI=1S/C15H23N3S.HI/c1-16-15(18-11-14-8-10-19-12-14)17-9-7-13-5-3-2-4-6-13;/h5,8,10,12H,2-4,6-7,9,11H2,1H3,(H2,16,17,18);1H. The first-order chi connectivity index (χ1) is 9.38. The predicted molar refractivity (Wildman–Crippen MR) is 99.1 cm³/mol. The summed E-state index contributed by atoms with van der Waals surface area (Å²) >= 11 is 1.73. The second kappa shape index (κ2) is 10.2. The van der Waals surface area contributed by atoms with E-state index in [0.29, 0.717) is 0 Å². The number of guanidine groups is 1. The van der Waals surface area contributed by atoms with Gasteiger partial charge in [-0.25, -0.2) is 0 Å². The predicted octanol–water partition coefficient (Wildman–Crippen LogP) is 3.92. The number of nitrogens with one attached hydrogen (secondary N) is 2. The van der Waals surface area contributed by atoms with Crippen LogP contribution < -0.4 is 10.6 Å². The maximum atomic E-state index is 4.25. The molecule has 2 N–H and O–H groups in total. The minimum absolute atomic E-state index is 0. The SMILES string of the molecule is CN=C(NCCC1=CCCCC1)NCc1ccsc1.I. The van der Waals surface area contributed by atoms with Crippen molar-refractivity contribution in [3.63, 3.8) is 0 Å². The third-order valence-corrected chi connectivity index (χ3v) is 4.12. The Bertz CT molecular complexity index is 426. The Labute approximate surface area is 143 Å². The van der Waals surface area contributed by atoms with E-state index in [2.05, 4.69) is 38.5 Å². The molecule has 1 heterocycles. The van der Waals surface area contributed by atoms with Crippen LogP contribution in [0.4, 0.5) is 0 Å². The molecule has 112 valence electrons. The first-order valence-corrected chi connectivity index (χ1v) is 7.96. The van der Waals surface area contributed by atoms with Crippen LogP contribution in [0.15, 0.2) is 33.5 Å². The van der Waals surface area contributed by atoms with Gasteiger partial charge in [-0.1, -0.05) is 11.6 Å². The summed E-state index contributed by atoms with van der Waals surface area (Å²) in [5, 5.41) is 11.0. The van der Waals surface area contributed by atoms with E-state index in [1.54, 1.807) is 16.9 Å². The second-order valence-corrected chi connectivity index (χ2v) is 5.62. The van der Waals surface area contributed by atoms with Crippen molar-refractivity contribution in [2.24, 2.45) is 4.99 Å². The van der Waals surface area contributed by atoms with Gasteiger partial charge in [0.05, 0.1) is 0 Å². The molecule has 0 bridgehead atoms. The van der Waals surface area contributed by atoms with E-state index >= 15 is 0 Å². The zero-order chi connectivity index (χ0) is 13.3. The fourth-order valence-corrected chi connectivity index (χ4v) is 2.94. The lowest BCUT2D eigenvalue weighted by Gasteiger charge is -2.15. The third kappa shape index (κ3) is 6.26. The van der Waals surface area contributed by atoms with Crippen LogP contribution >= 0.6 is 35.3 Å². The Morgan fingerprint density at radius 3 is 2.90 bits per heavy atom. The summed E-state index contributed by atoms with van der Waals surface area (Å²) in [5.74, 6) is 0.891. The maximum Gasteiger partial charge on any atom is 0.191 e. The number of aliphatic imine (C=N–C) groups is 1. The van der Waals surface area contributed by atoms with Crippen molar-refractivity contribution in [2.75, 3.05) is 13.6 Å². The Morgan fingerprint density at radius 2 is 2.25 bits per heavy atom. The molecule has 0 fully saturated rings. The van der Waals surface area contributed by atoms with Crippen molar-refractivity contribution in [3.05, 3.63) is 34.0 Å². The number of allylic oxidation sites excluding steroid dienone is 1. The van der Waals surface area contributed by atoms with E-state index in [1.807, 2.05) is 7.05 Å². The number of rotatable bonds is 5. The zero-order valence-electron chi connectivity index (χ0n) is 12.0. The molecule has 5 heteroatoms. The molecule has 0 amide bonds.